The third-order valence-corrected chi connectivity index (χ3v) is 8.43. The van der Waals surface area contributed by atoms with E-state index in [1.165, 1.54) is 0 Å². The first-order valence-electron chi connectivity index (χ1n) is 12.0. The first kappa shape index (κ1) is 25.1. The number of nitrogens with zero attached hydrogens (tertiary/aromatic N) is 2. The van der Waals surface area contributed by atoms with Gasteiger partial charge in [-0.05, 0) is 46.7 Å². The molecule has 9 heteroatoms. The largest absolute Gasteiger partial charge is 0.378 e. The van der Waals surface area contributed by atoms with Crippen LogP contribution in [-0.4, -0.2) is 51.7 Å². The maximum absolute atomic E-state index is 13.1. The highest BCUT2D eigenvalue weighted by molar-refractivity contribution is 7.85. The number of carbonyl (C=O) groups is 1. The Morgan fingerprint density at radius 2 is 1.89 bits per heavy atom. The standard InChI is InChI=1S/C27H30N2O5S2/c1-27(2)15-21-24(26(29-9-11-33-12-10-29)35-25(21)23(30)16-27)20-7-8-28-22(14-20)19-6-4-5-18(13-19)17-34-36(3,31)32/h4-8,13-14H,9-12,15-17H2,1-3H3. The van der Waals surface area contributed by atoms with Gasteiger partial charge in [0.1, 0.15) is 0 Å². The number of rotatable bonds is 6. The monoisotopic (exact) mass is 526 g/mol. The quantitative estimate of drug-likeness (QED) is 0.420. The van der Waals surface area contributed by atoms with E-state index in [9.17, 15) is 13.2 Å². The van der Waals surface area contributed by atoms with Crippen LogP contribution < -0.4 is 4.90 Å². The number of morpholine rings is 1. The van der Waals surface area contributed by atoms with Crippen LogP contribution in [0, 0.1) is 5.41 Å². The molecule has 1 aromatic carbocycles. The molecule has 3 heterocycles. The van der Waals surface area contributed by atoms with Crippen molar-refractivity contribution in [2.75, 3.05) is 37.5 Å². The van der Waals surface area contributed by atoms with Crippen molar-refractivity contribution in [3.63, 3.8) is 0 Å². The molecule has 1 aliphatic heterocycles. The van der Waals surface area contributed by atoms with Crippen LogP contribution in [0.5, 0.6) is 0 Å². The number of anilines is 1. The lowest BCUT2D eigenvalue weighted by Gasteiger charge is -2.30. The van der Waals surface area contributed by atoms with Gasteiger partial charge in [-0.15, -0.1) is 11.3 Å². The lowest BCUT2D eigenvalue weighted by Crippen LogP contribution is -2.36. The molecule has 1 fully saturated rings. The minimum Gasteiger partial charge on any atom is -0.378 e. The second-order valence-corrected chi connectivity index (χ2v) is 12.9. The number of aromatic nitrogens is 1. The lowest BCUT2D eigenvalue weighted by atomic mass is 9.75. The van der Waals surface area contributed by atoms with E-state index in [-0.39, 0.29) is 17.8 Å². The van der Waals surface area contributed by atoms with E-state index >= 15 is 0 Å². The first-order chi connectivity index (χ1) is 17.1. The van der Waals surface area contributed by atoms with Crippen LogP contribution in [0.25, 0.3) is 22.4 Å². The summed E-state index contributed by atoms with van der Waals surface area (Å²) in [6.45, 7) is 7.23. The molecule has 0 N–H and O–H groups in total. The first-order valence-corrected chi connectivity index (χ1v) is 14.6. The maximum Gasteiger partial charge on any atom is 0.264 e. The second-order valence-electron chi connectivity index (χ2n) is 10.2. The molecule has 7 nitrogen and oxygen atoms in total. The molecule has 36 heavy (non-hydrogen) atoms. The van der Waals surface area contributed by atoms with E-state index in [0.29, 0.717) is 19.6 Å². The third-order valence-electron chi connectivity index (χ3n) is 6.55. The van der Waals surface area contributed by atoms with E-state index in [0.717, 1.165) is 69.2 Å². The SMILES string of the molecule is CC1(C)CC(=O)c2sc(N3CCOCC3)c(-c3ccnc(-c4cccc(COS(C)(=O)=O)c4)c3)c2C1. The predicted octanol–water partition coefficient (Wildman–Crippen LogP) is 4.95. The number of fused-ring (bicyclic) bond motifs is 1. The van der Waals surface area contributed by atoms with Crippen LogP contribution in [0.4, 0.5) is 5.00 Å². The summed E-state index contributed by atoms with van der Waals surface area (Å²) in [5.74, 6) is 0.222. The van der Waals surface area contributed by atoms with Crippen LogP contribution in [0.1, 0.15) is 41.1 Å². The van der Waals surface area contributed by atoms with Gasteiger partial charge in [0.05, 0.1) is 41.6 Å². The van der Waals surface area contributed by atoms with Gasteiger partial charge in [-0.3, -0.25) is 14.0 Å². The van der Waals surface area contributed by atoms with Gasteiger partial charge in [0.25, 0.3) is 10.1 Å². The molecule has 2 aromatic heterocycles. The molecule has 5 rings (SSSR count). The number of ether oxygens (including phenoxy) is 1. The topological polar surface area (TPSA) is 85.8 Å². The number of hydrogen-bond acceptors (Lipinski definition) is 8. The molecule has 0 saturated carbocycles. The molecule has 2 aliphatic rings. The van der Waals surface area contributed by atoms with Gasteiger partial charge in [-0.1, -0.05) is 32.0 Å². The summed E-state index contributed by atoms with van der Waals surface area (Å²) in [5.41, 5.74) is 5.60. The van der Waals surface area contributed by atoms with Gasteiger partial charge in [-0.2, -0.15) is 8.42 Å². The number of pyridine rings is 1. The van der Waals surface area contributed by atoms with E-state index < -0.39 is 10.1 Å². The number of ketones is 1. The minimum absolute atomic E-state index is 0.0250. The van der Waals surface area contributed by atoms with Crippen molar-refractivity contribution >= 4 is 32.2 Å². The number of thiophene rings is 1. The number of benzene rings is 1. The van der Waals surface area contributed by atoms with Crippen LogP contribution in [-0.2, 0) is 32.1 Å². The Kier molecular flexibility index (Phi) is 6.76. The normalized spacial score (nSPS) is 17.8. The van der Waals surface area contributed by atoms with Crippen LogP contribution >= 0.6 is 11.3 Å². The maximum atomic E-state index is 13.1. The van der Waals surface area contributed by atoms with Gasteiger partial charge in [0.15, 0.2) is 5.78 Å². The van der Waals surface area contributed by atoms with Gasteiger partial charge < -0.3 is 9.64 Å². The average molecular weight is 527 g/mol. The molecule has 0 unspecified atom stereocenters. The third kappa shape index (κ3) is 5.39. The summed E-state index contributed by atoms with van der Waals surface area (Å²) < 4.78 is 33.4. The molecule has 190 valence electrons. The predicted molar refractivity (Wildman–Crippen MR) is 142 cm³/mol. The number of carbonyl (C=O) groups excluding carboxylic acids is 1. The van der Waals surface area contributed by atoms with Crippen molar-refractivity contribution in [3.05, 3.63) is 58.6 Å². The van der Waals surface area contributed by atoms with Crippen molar-refractivity contribution in [2.24, 2.45) is 5.41 Å². The van der Waals surface area contributed by atoms with Crippen molar-refractivity contribution in [3.8, 4) is 22.4 Å². The number of hydrogen-bond donors (Lipinski definition) is 0. The fourth-order valence-corrected chi connectivity index (χ4v) is 6.61. The minimum atomic E-state index is -3.53. The highest BCUT2D eigenvalue weighted by Crippen LogP contribution is 2.49. The summed E-state index contributed by atoms with van der Waals surface area (Å²) >= 11 is 1.61. The van der Waals surface area contributed by atoms with Gasteiger partial charge in [-0.25, -0.2) is 0 Å². The zero-order valence-corrected chi connectivity index (χ0v) is 22.4. The van der Waals surface area contributed by atoms with Crippen molar-refractivity contribution in [1.29, 1.82) is 0 Å². The Bertz CT molecular complexity index is 1410. The van der Waals surface area contributed by atoms with E-state index in [2.05, 4.69) is 29.8 Å². The van der Waals surface area contributed by atoms with Crippen LogP contribution in [0.3, 0.4) is 0 Å². The summed E-state index contributed by atoms with van der Waals surface area (Å²) in [6, 6.07) is 11.6. The molecule has 3 aromatic rings. The molecule has 1 aliphatic carbocycles. The van der Waals surface area contributed by atoms with Crippen molar-refractivity contribution in [2.45, 2.75) is 33.3 Å². The molecule has 0 radical (unpaired) electrons. The van der Waals surface area contributed by atoms with Crippen LogP contribution in [0.2, 0.25) is 0 Å². The molecule has 0 bridgehead atoms. The fourth-order valence-electron chi connectivity index (χ4n) is 4.93. The highest BCUT2D eigenvalue weighted by Gasteiger charge is 2.37. The molecule has 0 amide bonds. The lowest BCUT2D eigenvalue weighted by molar-refractivity contribution is 0.0918. The summed E-state index contributed by atoms with van der Waals surface area (Å²) in [5, 5.41) is 1.13. The van der Waals surface area contributed by atoms with Gasteiger partial charge in [0, 0.05) is 36.8 Å². The number of Topliss-reactive ketones (excluding diaryl/α,β-unsaturated/α-hetero) is 1. The summed E-state index contributed by atoms with van der Waals surface area (Å²) in [4.78, 5) is 21.0. The smallest absolute Gasteiger partial charge is 0.264 e. The van der Waals surface area contributed by atoms with Gasteiger partial charge >= 0.3 is 0 Å². The molecular weight excluding hydrogens is 496 g/mol. The Balaban J connectivity index is 1.58. The van der Waals surface area contributed by atoms with Crippen molar-refractivity contribution < 1.29 is 22.1 Å². The van der Waals surface area contributed by atoms with E-state index in [1.807, 2.05) is 30.3 Å². The fraction of sp³-hybridized carbons (Fsp3) is 0.407. The second kappa shape index (κ2) is 9.70. The Labute approximate surface area is 216 Å². The Morgan fingerprint density at radius 1 is 1.11 bits per heavy atom. The van der Waals surface area contributed by atoms with Crippen LogP contribution in [0.15, 0.2) is 42.6 Å². The zero-order chi connectivity index (χ0) is 25.5. The van der Waals surface area contributed by atoms with E-state index in [4.69, 9.17) is 8.92 Å². The Hall–Kier alpha value is -2.59. The summed E-state index contributed by atoms with van der Waals surface area (Å²) in [6.07, 6.45) is 4.25. The highest BCUT2D eigenvalue weighted by atomic mass is 32.2. The van der Waals surface area contributed by atoms with Crippen molar-refractivity contribution in [1.82, 2.24) is 4.98 Å². The molecule has 0 spiro atoms. The average Bonchev–Trinajstić information content (AvgIpc) is 3.22. The molecular formula is C27H30N2O5S2. The molecule has 1 saturated heterocycles. The summed E-state index contributed by atoms with van der Waals surface area (Å²) in [7, 11) is -3.53. The van der Waals surface area contributed by atoms with E-state index in [1.54, 1.807) is 17.5 Å². The van der Waals surface area contributed by atoms with Gasteiger partial charge in [0.2, 0.25) is 0 Å². The molecule has 0 atom stereocenters. The Morgan fingerprint density at radius 3 is 2.64 bits per heavy atom. The zero-order valence-electron chi connectivity index (χ0n) is 20.7.